The summed E-state index contributed by atoms with van der Waals surface area (Å²) in [6.45, 7) is 3.14. The minimum Gasteiger partial charge on any atom is -0.493 e. The van der Waals surface area contributed by atoms with Crippen molar-refractivity contribution in [3.8, 4) is 0 Å². The molecule has 0 spiro atoms. The smallest absolute Gasteiger partial charge is 0.297 e. The van der Waals surface area contributed by atoms with Gasteiger partial charge >= 0.3 is 0 Å². The van der Waals surface area contributed by atoms with Crippen molar-refractivity contribution in [1.29, 1.82) is 0 Å². The number of rotatable bonds is 4. The maximum Gasteiger partial charge on any atom is 0.297 e. The molecule has 1 rings (SSSR count). The molecule has 0 saturated carbocycles. The van der Waals surface area contributed by atoms with E-state index >= 15 is 0 Å². The normalized spacial score (nSPS) is 10.9. The average molecular weight is 207 g/mol. The summed E-state index contributed by atoms with van der Waals surface area (Å²) in [7, 11) is 1.45. The van der Waals surface area contributed by atoms with Crippen LogP contribution in [0.25, 0.3) is 6.08 Å². The van der Waals surface area contributed by atoms with Crippen LogP contribution in [-0.2, 0) is 4.84 Å². The van der Waals surface area contributed by atoms with Crippen LogP contribution < -0.4 is 0 Å². The van der Waals surface area contributed by atoms with Crippen molar-refractivity contribution < 1.29 is 15.1 Å². The fraction of sp³-hybridized carbons (Fsp3) is 0.0909. The molecule has 4 heteroatoms. The number of nitrogens with zero attached hydrogens (tertiary/aromatic N) is 1. The van der Waals surface area contributed by atoms with Crippen molar-refractivity contribution in [1.82, 2.24) is 5.06 Å². The van der Waals surface area contributed by atoms with E-state index in [1.54, 1.807) is 0 Å². The molecule has 15 heavy (non-hydrogen) atoms. The lowest BCUT2D eigenvalue weighted by Gasteiger charge is -2.16. The molecule has 80 valence electrons. The summed E-state index contributed by atoms with van der Waals surface area (Å²) in [5, 5.41) is 19.3. The first-order chi connectivity index (χ1) is 7.09. The first-order valence-electron chi connectivity index (χ1n) is 4.35. The van der Waals surface area contributed by atoms with Crippen molar-refractivity contribution >= 4 is 6.08 Å². The number of aliphatic hydroxyl groups is 2. The van der Waals surface area contributed by atoms with Gasteiger partial charge in [0.25, 0.3) is 5.95 Å². The molecule has 0 aromatic heterocycles. The second kappa shape index (κ2) is 4.95. The number of aliphatic hydroxyl groups excluding tert-OH is 2. The maximum absolute atomic E-state index is 9.53. The lowest BCUT2D eigenvalue weighted by atomic mass is 10.2. The van der Waals surface area contributed by atoms with Gasteiger partial charge in [-0.3, -0.25) is 0 Å². The van der Waals surface area contributed by atoms with Crippen LogP contribution in [0.15, 0.2) is 48.7 Å². The largest absolute Gasteiger partial charge is 0.493 e. The highest BCUT2D eigenvalue weighted by molar-refractivity contribution is 5.49. The quantitative estimate of drug-likeness (QED) is 0.588. The Morgan fingerprint density at radius 1 is 1.33 bits per heavy atom. The van der Waals surface area contributed by atoms with Crippen LogP contribution >= 0.6 is 0 Å². The summed E-state index contributed by atoms with van der Waals surface area (Å²) in [5.41, 5.74) is 0.828. The Kier molecular flexibility index (Phi) is 3.62. The number of benzene rings is 1. The predicted molar refractivity (Wildman–Crippen MR) is 57.7 cm³/mol. The van der Waals surface area contributed by atoms with E-state index in [1.165, 1.54) is 13.1 Å². The molecule has 0 unspecified atom stereocenters. The van der Waals surface area contributed by atoms with Crippen LogP contribution in [-0.4, -0.2) is 22.3 Å². The van der Waals surface area contributed by atoms with Crippen LogP contribution in [0.1, 0.15) is 5.56 Å². The van der Waals surface area contributed by atoms with E-state index < -0.39 is 5.95 Å². The summed E-state index contributed by atoms with van der Waals surface area (Å²) in [6, 6.07) is 9.25. The summed E-state index contributed by atoms with van der Waals surface area (Å²) in [5.74, 6) is -0.609. The minimum absolute atomic E-state index is 0.128. The maximum atomic E-state index is 9.53. The van der Waals surface area contributed by atoms with Crippen LogP contribution in [0.3, 0.4) is 0 Å². The van der Waals surface area contributed by atoms with E-state index in [0.717, 1.165) is 10.6 Å². The number of hydrogen-bond donors (Lipinski definition) is 2. The van der Waals surface area contributed by atoms with Crippen molar-refractivity contribution in [3.63, 3.8) is 0 Å². The van der Waals surface area contributed by atoms with E-state index in [-0.39, 0.29) is 5.88 Å². The van der Waals surface area contributed by atoms with Gasteiger partial charge < -0.3 is 15.1 Å². The molecule has 0 fully saturated rings. The van der Waals surface area contributed by atoms with Crippen molar-refractivity contribution in [2.45, 2.75) is 0 Å². The fourth-order valence-electron chi connectivity index (χ4n) is 0.994. The molecule has 0 aliphatic carbocycles. The second-order valence-electron chi connectivity index (χ2n) is 2.90. The Labute approximate surface area is 88.3 Å². The van der Waals surface area contributed by atoms with E-state index in [1.807, 2.05) is 30.3 Å². The Balaban J connectivity index is 2.71. The zero-order chi connectivity index (χ0) is 11.3. The third kappa shape index (κ3) is 3.64. The van der Waals surface area contributed by atoms with E-state index in [4.69, 9.17) is 5.11 Å². The number of hydrogen-bond acceptors (Lipinski definition) is 4. The second-order valence-corrected chi connectivity index (χ2v) is 2.90. The molecule has 2 N–H and O–H groups in total. The number of hydroxylamine groups is 2. The molecule has 1 aromatic rings. The lowest BCUT2D eigenvalue weighted by molar-refractivity contribution is -0.135. The van der Waals surface area contributed by atoms with Crippen LogP contribution in [0.2, 0.25) is 0 Å². The van der Waals surface area contributed by atoms with Gasteiger partial charge in [0.15, 0.2) is 0 Å². The van der Waals surface area contributed by atoms with Gasteiger partial charge in [-0.25, -0.2) is 0 Å². The molecule has 1 aromatic carbocycles. The third-order valence-electron chi connectivity index (χ3n) is 1.66. The first-order valence-corrected chi connectivity index (χ1v) is 4.35. The molecule has 0 amide bonds. The molecular formula is C11H13NO3. The highest BCUT2D eigenvalue weighted by atomic mass is 16.8. The highest BCUT2D eigenvalue weighted by Crippen LogP contribution is 2.08. The molecule has 0 aliphatic rings. The summed E-state index contributed by atoms with van der Waals surface area (Å²) < 4.78 is 0. The third-order valence-corrected chi connectivity index (χ3v) is 1.66. The van der Waals surface area contributed by atoms with Gasteiger partial charge in [0.2, 0.25) is 5.88 Å². The first kappa shape index (κ1) is 11.0. The molecule has 0 atom stereocenters. The summed E-state index contributed by atoms with van der Waals surface area (Å²) >= 11 is 0. The van der Waals surface area contributed by atoms with Gasteiger partial charge in [0, 0.05) is 13.1 Å². The SMILES string of the molecule is C=C(O)ON(C)/C(O)=C\c1ccccc1. The molecule has 0 heterocycles. The van der Waals surface area contributed by atoms with Crippen LogP contribution in [0, 0.1) is 0 Å². The van der Waals surface area contributed by atoms with Crippen molar-refractivity contribution in [2.75, 3.05) is 7.05 Å². The standard InChI is InChI=1S/C11H13NO3/c1-9(13)15-12(2)11(14)8-10-6-4-3-5-7-10/h3-8,13-14H,1H2,2H3/b11-8+. The minimum atomic E-state index is -0.481. The van der Waals surface area contributed by atoms with Gasteiger partial charge in [0.1, 0.15) is 0 Å². The van der Waals surface area contributed by atoms with E-state index in [0.29, 0.717) is 0 Å². The zero-order valence-corrected chi connectivity index (χ0v) is 8.42. The molecule has 0 radical (unpaired) electrons. The highest BCUT2D eigenvalue weighted by Gasteiger charge is 2.03. The lowest BCUT2D eigenvalue weighted by Crippen LogP contribution is -2.17. The van der Waals surface area contributed by atoms with Gasteiger partial charge in [-0.15, -0.1) is 0 Å². The monoisotopic (exact) mass is 207 g/mol. The summed E-state index contributed by atoms with van der Waals surface area (Å²) in [6.07, 6.45) is 1.50. The Hall–Kier alpha value is -2.10. The molecule has 0 bridgehead atoms. The zero-order valence-electron chi connectivity index (χ0n) is 8.42. The molecule has 4 nitrogen and oxygen atoms in total. The van der Waals surface area contributed by atoms with Crippen molar-refractivity contribution in [3.05, 3.63) is 54.3 Å². The van der Waals surface area contributed by atoms with Gasteiger partial charge in [-0.1, -0.05) is 30.3 Å². The van der Waals surface area contributed by atoms with Gasteiger partial charge in [-0.2, -0.15) is 5.06 Å². The van der Waals surface area contributed by atoms with E-state index in [2.05, 4.69) is 11.4 Å². The van der Waals surface area contributed by atoms with E-state index in [9.17, 15) is 5.11 Å². The average Bonchev–Trinajstić information content (AvgIpc) is 2.18. The van der Waals surface area contributed by atoms with Crippen molar-refractivity contribution in [2.24, 2.45) is 0 Å². The molecular weight excluding hydrogens is 194 g/mol. The Morgan fingerprint density at radius 3 is 2.47 bits per heavy atom. The fourth-order valence-corrected chi connectivity index (χ4v) is 0.994. The Morgan fingerprint density at radius 2 is 1.93 bits per heavy atom. The molecule has 0 aliphatic heterocycles. The Bertz CT molecular complexity index is 359. The predicted octanol–water partition coefficient (Wildman–Crippen LogP) is 2.44. The molecule has 0 saturated heterocycles. The summed E-state index contributed by atoms with van der Waals surface area (Å²) in [4.78, 5) is 4.66. The van der Waals surface area contributed by atoms with Crippen LogP contribution in [0.4, 0.5) is 0 Å². The van der Waals surface area contributed by atoms with Gasteiger partial charge in [-0.05, 0) is 12.1 Å². The topological polar surface area (TPSA) is 52.9 Å². The van der Waals surface area contributed by atoms with Gasteiger partial charge in [0.05, 0.1) is 0 Å². The van der Waals surface area contributed by atoms with Crippen LogP contribution in [0.5, 0.6) is 0 Å².